The Kier molecular flexibility index (Phi) is 8.49. The van der Waals surface area contributed by atoms with E-state index in [-0.39, 0.29) is 63.3 Å². The third kappa shape index (κ3) is 7.14. The second kappa shape index (κ2) is 7.99. The fourth-order valence-electron chi connectivity index (χ4n) is 2.57. The van der Waals surface area contributed by atoms with E-state index in [2.05, 4.69) is 27.4 Å². The van der Waals surface area contributed by atoms with Crippen LogP contribution in [0.4, 0.5) is 12.9 Å². The fourth-order valence-corrected chi connectivity index (χ4v) is 2.57. The molecule has 1 aliphatic heterocycles. The van der Waals surface area contributed by atoms with Gasteiger partial charge in [0.25, 0.3) is 0 Å². The van der Waals surface area contributed by atoms with Crippen LogP contribution in [-0.2, 0) is 0 Å². The van der Waals surface area contributed by atoms with Gasteiger partial charge >= 0.3 is 58.4 Å². The first-order valence-electron chi connectivity index (χ1n) is 6.70. The van der Waals surface area contributed by atoms with Gasteiger partial charge in [0.2, 0.25) is 0 Å². The first-order chi connectivity index (χ1) is 8.10. The van der Waals surface area contributed by atoms with E-state index >= 15 is 0 Å². The molecule has 1 fully saturated rings. The quantitative estimate of drug-likeness (QED) is 0.705. The van der Waals surface area contributed by atoms with Crippen molar-refractivity contribution in [3.05, 3.63) is 12.1 Å². The summed E-state index contributed by atoms with van der Waals surface area (Å²) in [6, 6.07) is 0. The number of hydrogen-bond acceptors (Lipinski definition) is 1. The van der Waals surface area contributed by atoms with Crippen LogP contribution in [0.25, 0.3) is 0 Å². The van der Waals surface area contributed by atoms with Crippen molar-refractivity contribution in [2.75, 3.05) is 19.6 Å². The molecule has 1 unspecified atom stereocenters. The summed E-state index contributed by atoms with van der Waals surface area (Å²) >= 11 is 0. The Morgan fingerprint density at radius 3 is 2.26 bits per heavy atom. The van der Waals surface area contributed by atoms with E-state index in [1.807, 2.05) is 4.90 Å². The van der Waals surface area contributed by atoms with E-state index in [1.165, 1.54) is 0 Å². The largest absolute Gasteiger partial charge is 1.00 e. The first-order valence-corrected chi connectivity index (χ1v) is 6.70. The predicted molar refractivity (Wildman–Crippen MR) is 71.5 cm³/mol. The van der Waals surface area contributed by atoms with E-state index < -0.39 is 12.4 Å². The van der Waals surface area contributed by atoms with Gasteiger partial charge in [0.15, 0.2) is 0 Å². The van der Waals surface area contributed by atoms with Gasteiger partial charge < -0.3 is 17.8 Å². The van der Waals surface area contributed by atoms with Crippen LogP contribution in [0.2, 0.25) is 0 Å². The summed E-state index contributed by atoms with van der Waals surface area (Å²) in [6.45, 7) is 6.44. The van der Waals surface area contributed by atoms with E-state index in [1.54, 1.807) is 0 Å². The molecule has 0 aliphatic carbocycles. The SMILES string of the molecule is C=C(CN1CCCC(C(C)(C)C)CC1)[B-](F)(F)F.[K+]. The van der Waals surface area contributed by atoms with Crippen LogP contribution in [0.1, 0.15) is 40.0 Å². The Balaban J connectivity index is 0.00000324. The zero-order chi connectivity index (χ0) is 14.0. The molecule has 1 saturated heterocycles. The van der Waals surface area contributed by atoms with E-state index in [9.17, 15) is 12.9 Å². The third-order valence-corrected chi connectivity index (χ3v) is 3.94. The molecule has 6 heteroatoms. The number of hydrogen-bond donors (Lipinski definition) is 0. The van der Waals surface area contributed by atoms with Gasteiger partial charge in [-0.1, -0.05) is 20.8 Å². The van der Waals surface area contributed by atoms with Crippen molar-refractivity contribution in [2.45, 2.75) is 40.0 Å². The van der Waals surface area contributed by atoms with Crippen LogP contribution in [0.15, 0.2) is 12.1 Å². The van der Waals surface area contributed by atoms with Gasteiger partial charge in [-0.25, -0.2) is 0 Å². The van der Waals surface area contributed by atoms with Crippen molar-refractivity contribution in [3.8, 4) is 0 Å². The zero-order valence-electron chi connectivity index (χ0n) is 12.7. The van der Waals surface area contributed by atoms with Crippen molar-refractivity contribution in [3.63, 3.8) is 0 Å². The summed E-state index contributed by atoms with van der Waals surface area (Å²) in [6.07, 6.45) is 3.09. The van der Waals surface area contributed by atoms with Gasteiger partial charge in [0.1, 0.15) is 0 Å². The number of nitrogens with zero attached hydrogens (tertiary/aromatic N) is 1. The monoisotopic (exact) mass is 301 g/mol. The molecule has 0 bridgehead atoms. The topological polar surface area (TPSA) is 3.24 Å². The summed E-state index contributed by atoms with van der Waals surface area (Å²) in [7, 11) is 0. The van der Waals surface area contributed by atoms with Crippen LogP contribution < -0.4 is 51.4 Å². The second-order valence-corrected chi connectivity index (χ2v) is 6.50. The Hall–Kier alpha value is 1.19. The van der Waals surface area contributed by atoms with Crippen molar-refractivity contribution in [2.24, 2.45) is 11.3 Å². The normalized spacial score (nSPS) is 22.5. The maximum absolute atomic E-state index is 12.5. The molecule has 0 N–H and O–H groups in total. The molecule has 1 nitrogen and oxygen atoms in total. The molecular weight excluding hydrogens is 277 g/mol. The van der Waals surface area contributed by atoms with Crippen LogP contribution in [0.3, 0.4) is 0 Å². The third-order valence-electron chi connectivity index (χ3n) is 3.94. The Morgan fingerprint density at radius 1 is 1.21 bits per heavy atom. The first kappa shape index (κ1) is 20.2. The minimum absolute atomic E-state index is 0. The van der Waals surface area contributed by atoms with Crippen LogP contribution in [0, 0.1) is 11.3 Å². The summed E-state index contributed by atoms with van der Waals surface area (Å²) in [5.74, 6) is 0.604. The fraction of sp³-hybridized carbons (Fsp3) is 0.846. The van der Waals surface area contributed by atoms with Gasteiger partial charge in [-0.05, 0) is 50.2 Å². The average Bonchev–Trinajstić information content (AvgIpc) is 2.40. The van der Waals surface area contributed by atoms with Crippen molar-refractivity contribution >= 4 is 6.98 Å². The van der Waals surface area contributed by atoms with Crippen LogP contribution in [0.5, 0.6) is 0 Å². The minimum atomic E-state index is -4.88. The average molecular weight is 301 g/mol. The predicted octanol–water partition coefficient (Wildman–Crippen LogP) is 1.08. The molecular formula is C13H24BF3KN. The van der Waals surface area contributed by atoms with Crippen molar-refractivity contribution < 1.29 is 64.3 Å². The molecule has 1 aliphatic rings. The summed E-state index contributed by atoms with van der Waals surface area (Å²) in [5, 5.41) is 0. The second-order valence-electron chi connectivity index (χ2n) is 6.50. The maximum Gasteiger partial charge on any atom is 1.00 e. The number of likely N-dealkylation sites (tertiary alicyclic amines) is 1. The number of rotatable bonds is 3. The van der Waals surface area contributed by atoms with Gasteiger partial charge in [-0.3, -0.25) is 0 Å². The molecule has 19 heavy (non-hydrogen) atoms. The van der Waals surface area contributed by atoms with Gasteiger partial charge in [0, 0.05) is 0 Å². The maximum atomic E-state index is 12.5. The molecule has 106 valence electrons. The summed E-state index contributed by atoms with van der Waals surface area (Å²) < 4.78 is 37.5. The van der Waals surface area contributed by atoms with Crippen LogP contribution in [-0.4, -0.2) is 31.5 Å². The van der Waals surface area contributed by atoms with E-state index in [4.69, 9.17) is 0 Å². The molecule has 1 heterocycles. The molecule has 0 spiro atoms. The van der Waals surface area contributed by atoms with Crippen LogP contribution >= 0.6 is 0 Å². The molecule has 0 aromatic heterocycles. The van der Waals surface area contributed by atoms with Crippen molar-refractivity contribution in [1.82, 2.24) is 4.90 Å². The smallest absolute Gasteiger partial charge is 0.445 e. The van der Waals surface area contributed by atoms with Crippen molar-refractivity contribution in [1.29, 1.82) is 0 Å². The van der Waals surface area contributed by atoms with E-state index in [0.29, 0.717) is 5.92 Å². The van der Waals surface area contributed by atoms with E-state index in [0.717, 1.165) is 32.4 Å². The zero-order valence-corrected chi connectivity index (χ0v) is 15.8. The molecule has 0 amide bonds. The minimum Gasteiger partial charge on any atom is -0.445 e. The Morgan fingerprint density at radius 2 is 1.79 bits per heavy atom. The standard InChI is InChI=1S/C13H24BF3N.K/c1-11(14(15,16)17)10-18-8-5-6-12(7-9-18)13(2,3)4;/h12H,1,5-10H2,2-4H3;/q-1;+1. The number of halogens is 3. The molecule has 0 saturated carbocycles. The summed E-state index contributed by atoms with van der Waals surface area (Å²) in [4.78, 5) is 1.91. The summed E-state index contributed by atoms with van der Waals surface area (Å²) in [5.41, 5.74) is -0.315. The Bertz CT molecular complexity index is 299. The van der Waals surface area contributed by atoms with Gasteiger partial charge in [-0.2, -0.15) is 0 Å². The molecule has 1 atom stereocenters. The van der Waals surface area contributed by atoms with Gasteiger partial charge in [0.05, 0.1) is 0 Å². The van der Waals surface area contributed by atoms with Gasteiger partial charge in [-0.15, -0.1) is 12.1 Å². The molecule has 0 aromatic carbocycles. The molecule has 0 radical (unpaired) electrons. The molecule has 1 rings (SSSR count). The Labute approximate surface area is 157 Å². The molecule has 0 aromatic rings.